The van der Waals surface area contributed by atoms with E-state index in [0.29, 0.717) is 12.8 Å². The molecule has 27 atom stereocenters. The van der Waals surface area contributed by atoms with Gasteiger partial charge >= 0.3 is 71.6 Å². The zero-order valence-corrected chi connectivity index (χ0v) is 71.5. The lowest BCUT2D eigenvalue weighted by molar-refractivity contribution is -0.199. The van der Waals surface area contributed by atoms with Gasteiger partial charge in [-0.3, -0.25) is 33.6 Å². The van der Waals surface area contributed by atoms with Gasteiger partial charge in [-0.1, -0.05) is 112 Å². The van der Waals surface area contributed by atoms with Crippen LogP contribution in [0.1, 0.15) is 150 Å². The topological polar surface area (TPSA) is 490 Å². The summed E-state index contributed by atoms with van der Waals surface area (Å²) in [6.07, 6.45) is -12.7. The molecule has 4 aliphatic carbocycles. The Kier molecular flexibility index (Phi) is 30.9. The number of rotatable bonds is 14. The number of epoxide rings is 2. The number of Topliss-reactive ketones (excluding diaryl/α,β-unsaturated/α-hetero) is 3. The third-order valence-electron chi connectivity index (χ3n) is 22.7. The summed E-state index contributed by atoms with van der Waals surface area (Å²) in [4.78, 5) is 199. The molecular formula is C88H110O34. The highest BCUT2D eigenvalue weighted by molar-refractivity contribution is 6.00. The second-order valence-corrected chi connectivity index (χ2v) is 33.9. The van der Waals surface area contributed by atoms with E-state index in [4.69, 9.17) is 66.3 Å². The summed E-state index contributed by atoms with van der Waals surface area (Å²) in [6.45, 7) is 57.0. The van der Waals surface area contributed by atoms with Crippen molar-refractivity contribution in [3.8, 4) is 0 Å². The molecule has 10 rings (SSSR count). The normalized spacial score (nSPS) is 37.1. The Bertz CT molecular complexity index is 4490. The monoisotopic (exact) mass is 1710 g/mol. The smallest absolute Gasteiger partial charge is 0.334 e. The number of aliphatic hydroxyl groups is 4. The van der Waals surface area contributed by atoms with Gasteiger partial charge < -0.3 is 86.7 Å². The molecule has 122 heavy (non-hydrogen) atoms. The molecule has 0 aromatic carbocycles. The maximum atomic E-state index is 13.2. The van der Waals surface area contributed by atoms with Crippen molar-refractivity contribution in [2.45, 2.75) is 270 Å². The van der Waals surface area contributed by atoms with Gasteiger partial charge in [-0.15, -0.1) is 0 Å². The zero-order valence-electron chi connectivity index (χ0n) is 71.5. The van der Waals surface area contributed by atoms with Gasteiger partial charge in [-0.2, -0.15) is 0 Å². The van der Waals surface area contributed by atoms with Gasteiger partial charge in [0.2, 0.25) is 0 Å². The molecule has 6 saturated heterocycles. The molecular weight excluding hydrogens is 1600 g/mol. The third kappa shape index (κ3) is 21.6. The second-order valence-electron chi connectivity index (χ2n) is 33.9. The number of hydrogen-bond acceptors (Lipinski definition) is 34. The van der Waals surface area contributed by atoms with Gasteiger partial charge in [0, 0.05) is 76.8 Å². The van der Waals surface area contributed by atoms with Crippen molar-refractivity contribution in [1.82, 2.24) is 0 Å². The van der Waals surface area contributed by atoms with E-state index in [-0.39, 0.29) is 87.2 Å². The molecule has 0 unspecified atom stereocenters. The average molecular weight is 1710 g/mol. The first-order chi connectivity index (χ1) is 56.2. The van der Waals surface area contributed by atoms with Crippen LogP contribution < -0.4 is 0 Å². The minimum atomic E-state index is -2.32. The number of carbonyl (C=O) groups is 16. The number of ketones is 4. The minimum absolute atomic E-state index is 0.00128. The Morgan fingerprint density at radius 2 is 0.730 bits per heavy atom. The Morgan fingerprint density at radius 3 is 1.07 bits per heavy atom. The summed E-state index contributed by atoms with van der Waals surface area (Å²) < 4.78 is 76.6. The van der Waals surface area contributed by atoms with Crippen LogP contribution >= 0.6 is 0 Å². The SMILES string of the molecule is C=C(C)C(=O)O[C@@H]1[C@@H](OC(C)=O)[C@H]2C(=C)C(=O)O[C@@H]2C[C@@H](C)/C=C\C(=O)[C@@]1(C)O.C=C(C)C(=O)O[C@H]1[C@H]2C(=C)C(=O)O[C@@H]2C/C(C)=C\CC(=O)[C@@](C)(O)[C@@H]1OC(C)=O.C=C(C)C(=O)O[C@H]1[C@H]2C(=C)C(=O)O[C@@H]2C[C@@H](C)[C@@H]2O[C@@H]2C(=O)[C@@](C)(O)[C@@H]1OC(=O)C(=C)C.C=C(C)C(=O)O[C@H]1[C@H]2C(=C)C(=O)O[C@@H]2C[C@@H](C)[C@@H]2O[C@@H]2C(=O)[C@@](C)(O)[C@@H]1OC(=O)C(C)C. The Balaban J connectivity index is 0.000000224. The van der Waals surface area contributed by atoms with E-state index < -0.39 is 244 Å². The molecule has 0 amide bonds. The third-order valence-corrected chi connectivity index (χ3v) is 22.7. The van der Waals surface area contributed by atoms with Gasteiger partial charge in [0.1, 0.15) is 36.6 Å². The van der Waals surface area contributed by atoms with E-state index in [1.165, 1.54) is 54.5 Å². The van der Waals surface area contributed by atoms with Crippen molar-refractivity contribution in [3.05, 3.63) is 133 Å². The van der Waals surface area contributed by atoms with Gasteiger partial charge in [-0.25, -0.2) is 43.2 Å². The molecule has 8 fully saturated rings. The van der Waals surface area contributed by atoms with Gasteiger partial charge in [0.25, 0.3) is 0 Å². The fourth-order valence-electron chi connectivity index (χ4n) is 15.4. The molecule has 34 heteroatoms. The summed E-state index contributed by atoms with van der Waals surface area (Å²) in [6, 6.07) is 0. The number of fused-ring (bicyclic) bond motifs is 6. The minimum Gasteiger partial charge on any atom is -0.458 e. The Labute approximate surface area is 705 Å². The second kappa shape index (κ2) is 38.3. The first-order valence-electron chi connectivity index (χ1n) is 39.4. The van der Waals surface area contributed by atoms with Crippen LogP contribution in [0.4, 0.5) is 0 Å². The van der Waals surface area contributed by atoms with Crippen LogP contribution in [-0.2, 0) is 143 Å². The Hall–Kier alpha value is -10.8. The maximum absolute atomic E-state index is 13.2. The molecule has 2 saturated carbocycles. The number of allylic oxidation sites excluding steroid dienone is 2. The van der Waals surface area contributed by atoms with Gasteiger partial charge in [0.05, 0.1) is 41.8 Å². The lowest BCUT2D eigenvalue weighted by Gasteiger charge is -2.40. The van der Waals surface area contributed by atoms with Crippen molar-refractivity contribution in [1.29, 1.82) is 0 Å². The summed E-state index contributed by atoms with van der Waals surface area (Å²) in [5, 5.41) is 44.8. The van der Waals surface area contributed by atoms with Crippen LogP contribution in [0.5, 0.6) is 0 Å². The molecule has 6 aliphatic heterocycles. The van der Waals surface area contributed by atoms with E-state index in [1.807, 2.05) is 20.8 Å². The van der Waals surface area contributed by atoms with Gasteiger partial charge in [0.15, 0.2) is 94.4 Å². The molecule has 34 nitrogen and oxygen atoms in total. The van der Waals surface area contributed by atoms with Crippen molar-refractivity contribution in [3.63, 3.8) is 0 Å². The predicted octanol–water partition coefficient (Wildman–Crippen LogP) is 5.44. The lowest BCUT2D eigenvalue weighted by Crippen LogP contribution is -2.60. The standard InChI is InChI=1S/C23H30O9.C23H28O9.2C21H26O8/c2*1-9(2)20(25)31-16-14-12(6)22(27)29-13(14)8-11(5)15-17(30-15)18(24)23(7,28)19(16)32-21(26)10(3)4;1-10(2)19(24)29-17-16-12(4)20(25)28-14(16)9-11(3)7-8-15(23)21(6,26)18(17)27-13(5)22;1-10(2)19(24)29-18-17(27-13(5)22)16-12(4)20(25)28-14(16)9-11(3)7-8-15(23)21(18,6)26/h10-11,13-17,19,28H,1,6,8H2,2-5,7H3;11,13-17,19,28H,1,3,6,8H2,2,4-5,7H3;7,14,16-18,26H,1,4,8-9H2,2-3,5-6H3;7-8,11,14,16-18,26H,1,4,9H2,2-3,5-6H3/b;;11-7-;8-7-/t2*11-,13-,14+,15+,16+,17+,19-,23-;14-,16+,17+,18-,21-;11-,14+,16-,17-,18+,21+/m1110/s1. The van der Waals surface area contributed by atoms with Crippen molar-refractivity contribution in [2.75, 3.05) is 0 Å². The van der Waals surface area contributed by atoms with E-state index in [9.17, 15) is 97.1 Å². The van der Waals surface area contributed by atoms with E-state index in [1.54, 1.807) is 32.9 Å². The number of carbonyl (C=O) groups excluding carboxylic acids is 16. The predicted molar refractivity (Wildman–Crippen MR) is 423 cm³/mol. The summed E-state index contributed by atoms with van der Waals surface area (Å²) >= 11 is 0. The molecule has 0 bridgehead atoms. The van der Waals surface area contributed by atoms with Crippen LogP contribution in [0.25, 0.3) is 0 Å². The lowest BCUT2D eigenvalue weighted by atomic mass is 9.75. The molecule has 6 heterocycles. The molecule has 0 radical (unpaired) electrons. The molecule has 666 valence electrons. The fourth-order valence-corrected chi connectivity index (χ4v) is 15.4. The van der Waals surface area contributed by atoms with Gasteiger partial charge in [-0.05, 0) is 112 Å². The van der Waals surface area contributed by atoms with Crippen LogP contribution in [0.15, 0.2) is 133 Å². The fraction of sp³-hybridized carbons (Fsp3) is 0.568. The zero-order chi connectivity index (χ0) is 92.4. The first kappa shape index (κ1) is 98.3. The quantitative estimate of drug-likeness (QED) is 0.0553. The summed E-state index contributed by atoms with van der Waals surface area (Å²) in [7, 11) is 0. The van der Waals surface area contributed by atoms with Crippen LogP contribution in [-0.4, -0.2) is 235 Å². The largest absolute Gasteiger partial charge is 0.458 e. The van der Waals surface area contributed by atoms with Crippen LogP contribution in [0, 0.1) is 47.3 Å². The molecule has 0 aromatic heterocycles. The number of hydrogen-bond donors (Lipinski definition) is 4. The Morgan fingerprint density at radius 1 is 0.426 bits per heavy atom. The summed E-state index contributed by atoms with van der Waals surface area (Å²) in [5.74, 6) is -17.1. The van der Waals surface area contributed by atoms with Crippen LogP contribution in [0.2, 0.25) is 0 Å². The van der Waals surface area contributed by atoms with Crippen LogP contribution in [0.3, 0.4) is 0 Å². The van der Waals surface area contributed by atoms with Crippen molar-refractivity contribution in [2.24, 2.45) is 47.3 Å². The number of esters is 12. The highest BCUT2D eigenvalue weighted by atomic mass is 16.6. The average Bonchev–Trinajstić information content (AvgIpc) is 1.58. The summed E-state index contributed by atoms with van der Waals surface area (Å²) in [5.41, 5.74) is -8.15. The van der Waals surface area contributed by atoms with E-state index in [0.717, 1.165) is 33.3 Å². The molecule has 4 N–H and O–H groups in total. The number of ether oxygens (including phenoxy) is 14. The first-order valence-corrected chi connectivity index (χ1v) is 39.4. The highest BCUT2D eigenvalue weighted by Crippen LogP contribution is 2.49. The maximum Gasteiger partial charge on any atom is 0.334 e. The van der Waals surface area contributed by atoms with Crippen molar-refractivity contribution >= 4 is 94.8 Å². The highest BCUT2D eigenvalue weighted by Gasteiger charge is 2.66. The molecule has 0 spiro atoms. The van der Waals surface area contributed by atoms with Crippen molar-refractivity contribution < 1.29 is 163 Å². The molecule has 0 aromatic rings. The van der Waals surface area contributed by atoms with E-state index >= 15 is 0 Å². The van der Waals surface area contributed by atoms with E-state index in [2.05, 4.69) is 59.2 Å². The molecule has 10 aliphatic rings.